The van der Waals surface area contributed by atoms with Gasteiger partial charge >= 0.3 is 0 Å². The maximum atomic E-state index is 11.8. The first-order valence-corrected chi connectivity index (χ1v) is 7.35. The minimum Gasteiger partial charge on any atom is -0.348 e. The molecular formula is C16H12Cl2N2O3. The molecule has 118 valence electrons. The summed E-state index contributed by atoms with van der Waals surface area (Å²) >= 11 is 11.5. The van der Waals surface area contributed by atoms with E-state index in [4.69, 9.17) is 23.2 Å². The number of nitro groups is 1. The van der Waals surface area contributed by atoms with Crippen molar-refractivity contribution >= 4 is 40.9 Å². The van der Waals surface area contributed by atoms with E-state index in [2.05, 4.69) is 5.32 Å². The van der Waals surface area contributed by atoms with Crippen LogP contribution in [0.25, 0.3) is 6.08 Å². The number of carbonyl (C=O) groups is 1. The van der Waals surface area contributed by atoms with Crippen LogP contribution in [0.2, 0.25) is 10.0 Å². The number of nitro benzene ring substituents is 1. The van der Waals surface area contributed by atoms with Crippen LogP contribution in [0, 0.1) is 10.1 Å². The Morgan fingerprint density at radius 1 is 1.17 bits per heavy atom. The van der Waals surface area contributed by atoms with Gasteiger partial charge in [-0.25, -0.2) is 0 Å². The summed E-state index contributed by atoms with van der Waals surface area (Å²) in [5, 5.41) is 14.2. The van der Waals surface area contributed by atoms with Crippen LogP contribution in [-0.4, -0.2) is 10.8 Å². The van der Waals surface area contributed by atoms with Crippen LogP contribution >= 0.6 is 23.2 Å². The molecule has 0 aromatic heterocycles. The summed E-state index contributed by atoms with van der Waals surface area (Å²) in [5.74, 6) is -0.308. The molecule has 0 heterocycles. The fourth-order valence-electron chi connectivity index (χ4n) is 1.80. The lowest BCUT2D eigenvalue weighted by atomic mass is 10.2. The molecule has 0 aliphatic rings. The smallest absolute Gasteiger partial charge is 0.288 e. The Bertz CT molecular complexity index is 758. The van der Waals surface area contributed by atoms with Crippen molar-refractivity contribution in [3.63, 3.8) is 0 Å². The maximum Gasteiger partial charge on any atom is 0.288 e. The zero-order valence-corrected chi connectivity index (χ0v) is 13.3. The summed E-state index contributed by atoms with van der Waals surface area (Å²) in [6, 6.07) is 11.4. The monoisotopic (exact) mass is 350 g/mol. The second-order valence-corrected chi connectivity index (χ2v) is 5.49. The van der Waals surface area contributed by atoms with E-state index in [-0.39, 0.29) is 16.6 Å². The van der Waals surface area contributed by atoms with Crippen molar-refractivity contribution in [1.82, 2.24) is 5.32 Å². The van der Waals surface area contributed by atoms with Crippen molar-refractivity contribution in [2.24, 2.45) is 0 Å². The van der Waals surface area contributed by atoms with E-state index in [1.54, 1.807) is 18.2 Å². The highest BCUT2D eigenvalue weighted by Gasteiger charge is 2.11. The van der Waals surface area contributed by atoms with Gasteiger partial charge in [0.25, 0.3) is 5.69 Å². The average molecular weight is 351 g/mol. The Morgan fingerprint density at radius 3 is 2.52 bits per heavy atom. The van der Waals surface area contributed by atoms with Crippen molar-refractivity contribution in [2.45, 2.75) is 6.54 Å². The highest BCUT2D eigenvalue weighted by molar-refractivity contribution is 6.32. The standard InChI is InChI=1S/C16H12Cl2N2O3/c17-13-5-1-12(2-6-13)10-19-16(21)8-4-11-3-7-14(18)15(9-11)20(22)23/h1-9H,10H2,(H,19,21)/b8-4+. The average Bonchev–Trinajstić information content (AvgIpc) is 2.53. The Hall–Kier alpha value is -2.37. The predicted molar refractivity (Wildman–Crippen MR) is 90.4 cm³/mol. The summed E-state index contributed by atoms with van der Waals surface area (Å²) in [7, 11) is 0. The fourth-order valence-corrected chi connectivity index (χ4v) is 2.11. The van der Waals surface area contributed by atoms with Gasteiger partial charge in [0, 0.05) is 23.7 Å². The Balaban J connectivity index is 1.97. The van der Waals surface area contributed by atoms with Gasteiger partial charge in [0.15, 0.2) is 0 Å². The molecule has 0 spiro atoms. The summed E-state index contributed by atoms with van der Waals surface area (Å²) in [4.78, 5) is 22.0. The van der Waals surface area contributed by atoms with Crippen molar-refractivity contribution in [3.05, 3.63) is 79.8 Å². The third-order valence-corrected chi connectivity index (χ3v) is 3.55. The van der Waals surface area contributed by atoms with Crippen LogP contribution in [0.4, 0.5) is 5.69 Å². The second-order valence-electron chi connectivity index (χ2n) is 4.65. The van der Waals surface area contributed by atoms with Crippen molar-refractivity contribution in [1.29, 1.82) is 0 Å². The molecule has 0 saturated heterocycles. The molecule has 2 rings (SSSR count). The summed E-state index contributed by atoms with van der Waals surface area (Å²) in [5.41, 5.74) is 1.23. The van der Waals surface area contributed by atoms with Gasteiger partial charge in [-0.15, -0.1) is 0 Å². The maximum absolute atomic E-state index is 11.8. The Labute approximate surface area is 142 Å². The highest BCUT2D eigenvalue weighted by atomic mass is 35.5. The van der Waals surface area contributed by atoms with Crippen molar-refractivity contribution in [2.75, 3.05) is 0 Å². The number of rotatable bonds is 5. The number of hydrogen-bond donors (Lipinski definition) is 1. The quantitative estimate of drug-likeness (QED) is 0.498. The van der Waals surface area contributed by atoms with E-state index in [1.807, 2.05) is 12.1 Å². The van der Waals surface area contributed by atoms with Gasteiger partial charge in [0.05, 0.1) is 4.92 Å². The molecule has 7 heteroatoms. The third-order valence-electron chi connectivity index (χ3n) is 2.97. The van der Waals surface area contributed by atoms with Crippen LogP contribution in [0.15, 0.2) is 48.5 Å². The van der Waals surface area contributed by atoms with Crippen molar-refractivity contribution < 1.29 is 9.72 Å². The van der Waals surface area contributed by atoms with E-state index in [1.165, 1.54) is 24.3 Å². The lowest BCUT2D eigenvalue weighted by molar-refractivity contribution is -0.384. The minimum atomic E-state index is -0.569. The molecule has 0 fully saturated rings. The highest BCUT2D eigenvalue weighted by Crippen LogP contribution is 2.25. The SMILES string of the molecule is O=C(/C=C/c1ccc(Cl)c([N+](=O)[O-])c1)NCc1ccc(Cl)cc1. The summed E-state index contributed by atoms with van der Waals surface area (Å²) in [6.07, 6.45) is 2.80. The van der Waals surface area contributed by atoms with Crippen LogP contribution in [-0.2, 0) is 11.3 Å². The Kier molecular flexibility index (Phi) is 5.73. The van der Waals surface area contributed by atoms with Gasteiger partial charge < -0.3 is 5.32 Å². The number of nitrogens with zero attached hydrogens (tertiary/aromatic N) is 1. The number of carbonyl (C=O) groups excluding carboxylic acids is 1. The summed E-state index contributed by atoms with van der Waals surface area (Å²) < 4.78 is 0. The van der Waals surface area contributed by atoms with Gasteiger partial charge in [-0.3, -0.25) is 14.9 Å². The largest absolute Gasteiger partial charge is 0.348 e. The molecule has 5 nitrogen and oxygen atoms in total. The molecule has 1 amide bonds. The van der Waals surface area contributed by atoms with Crippen LogP contribution < -0.4 is 5.32 Å². The molecule has 0 radical (unpaired) electrons. The zero-order valence-electron chi connectivity index (χ0n) is 11.8. The zero-order chi connectivity index (χ0) is 16.8. The molecule has 23 heavy (non-hydrogen) atoms. The van der Waals surface area contributed by atoms with Gasteiger partial charge in [-0.2, -0.15) is 0 Å². The van der Waals surface area contributed by atoms with Gasteiger partial charge in [-0.1, -0.05) is 41.4 Å². The molecule has 1 N–H and O–H groups in total. The number of benzene rings is 2. The van der Waals surface area contributed by atoms with E-state index in [0.717, 1.165) is 5.56 Å². The molecule has 2 aromatic rings. The summed E-state index contributed by atoms with van der Waals surface area (Å²) in [6.45, 7) is 0.362. The first kappa shape index (κ1) is 17.0. The molecular weight excluding hydrogens is 339 g/mol. The van der Waals surface area contributed by atoms with E-state index in [9.17, 15) is 14.9 Å². The van der Waals surface area contributed by atoms with E-state index >= 15 is 0 Å². The molecule has 0 unspecified atom stereocenters. The Morgan fingerprint density at radius 2 is 1.87 bits per heavy atom. The molecule has 0 bridgehead atoms. The van der Waals surface area contributed by atoms with Crippen LogP contribution in [0.3, 0.4) is 0 Å². The van der Waals surface area contributed by atoms with Gasteiger partial charge in [0.1, 0.15) is 5.02 Å². The first-order valence-electron chi connectivity index (χ1n) is 6.60. The molecule has 2 aromatic carbocycles. The number of amides is 1. The number of nitrogens with one attached hydrogen (secondary N) is 1. The lowest BCUT2D eigenvalue weighted by Gasteiger charge is -2.02. The molecule has 0 atom stereocenters. The van der Waals surface area contributed by atoms with Crippen LogP contribution in [0.5, 0.6) is 0 Å². The van der Waals surface area contributed by atoms with Gasteiger partial charge in [0.2, 0.25) is 5.91 Å². The number of halogens is 2. The second kappa shape index (κ2) is 7.76. The molecule has 0 aliphatic carbocycles. The molecule has 0 saturated carbocycles. The normalized spacial score (nSPS) is 10.7. The third kappa shape index (κ3) is 5.09. The molecule has 0 aliphatic heterocycles. The minimum absolute atomic E-state index is 0.0549. The van der Waals surface area contributed by atoms with Crippen molar-refractivity contribution in [3.8, 4) is 0 Å². The lowest BCUT2D eigenvalue weighted by Crippen LogP contribution is -2.20. The van der Waals surface area contributed by atoms with E-state index in [0.29, 0.717) is 17.1 Å². The van der Waals surface area contributed by atoms with E-state index < -0.39 is 4.92 Å². The number of hydrogen-bond acceptors (Lipinski definition) is 3. The predicted octanol–water partition coefficient (Wildman–Crippen LogP) is 4.23. The first-order chi connectivity index (χ1) is 11.0. The fraction of sp³-hybridized carbons (Fsp3) is 0.0625. The van der Waals surface area contributed by atoms with Crippen LogP contribution in [0.1, 0.15) is 11.1 Å². The van der Waals surface area contributed by atoms with Gasteiger partial charge in [-0.05, 0) is 35.4 Å². The topological polar surface area (TPSA) is 72.2 Å².